The number of hydrogen-bond donors (Lipinski definition) is 1. The van der Waals surface area contributed by atoms with Crippen LogP contribution in [0.3, 0.4) is 0 Å². The average Bonchev–Trinajstić information content (AvgIpc) is 3.36. The molecule has 142 valence electrons. The van der Waals surface area contributed by atoms with Crippen LogP contribution in [-0.4, -0.2) is 75.9 Å². The Morgan fingerprint density at radius 2 is 1.92 bits per heavy atom. The van der Waals surface area contributed by atoms with Gasteiger partial charge in [-0.3, -0.25) is 4.79 Å². The summed E-state index contributed by atoms with van der Waals surface area (Å²) in [6, 6.07) is 0.211. The van der Waals surface area contributed by atoms with Crippen LogP contribution < -0.4 is 0 Å². The highest BCUT2D eigenvalue weighted by atomic mass is 16.2. The lowest BCUT2D eigenvalue weighted by Crippen LogP contribution is -2.57. The van der Waals surface area contributed by atoms with Crippen molar-refractivity contribution in [1.82, 2.24) is 24.7 Å². The van der Waals surface area contributed by atoms with E-state index < -0.39 is 0 Å². The number of aromatic amines is 1. The van der Waals surface area contributed by atoms with Gasteiger partial charge in [-0.1, -0.05) is 0 Å². The fourth-order valence-corrected chi connectivity index (χ4v) is 4.80. The van der Waals surface area contributed by atoms with Crippen molar-refractivity contribution in [2.75, 3.05) is 39.3 Å². The minimum atomic E-state index is 0.0789. The van der Waals surface area contributed by atoms with Gasteiger partial charge in [-0.25, -0.2) is 9.78 Å². The van der Waals surface area contributed by atoms with Crippen LogP contribution in [0.2, 0.25) is 0 Å². The maximum atomic E-state index is 12.8. The van der Waals surface area contributed by atoms with Crippen molar-refractivity contribution in [2.24, 2.45) is 5.41 Å². The van der Waals surface area contributed by atoms with Gasteiger partial charge in [0.15, 0.2) is 0 Å². The maximum absolute atomic E-state index is 12.8. The summed E-state index contributed by atoms with van der Waals surface area (Å²) in [5.74, 6) is 0.248. The number of nitrogens with one attached hydrogen (secondary N) is 1. The Morgan fingerprint density at radius 3 is 2.69 bits per heavy atom. The van der Waals surface area contributed by atoms with Crippen LogP contribution in [0, 0.1) is 5.41 Å². The number of nitrogens with zero attached hydrogens (tertiary/aromatic N) is 4. The van der Waals surface area contributed by atoms with Crippen molar-refractivity contribution in [2.45, 2.75) is 44.9 Å². The number of likely N-dealkylation sites (tertiary alicyclic amines) is 3. The molecule has 0 bridgehead atoms. The number of urea groups is 1. The van der Waals surface area contributed by atoms with E-state index in [-0.39, 0.29) is 17.4 Å². The van der Waals surface area contributed by atoms with Gasteiger partial charge in [0.05, 0.1) is 6.33 Å². The van der Waals surface area contributed by atoms with E-state index in [1.807, 2.05) is 16.0 Å². The number of piperidine rings is 2. The molecule has 3 aliphatic rings. The number of amides is 3. The fourth-order valence-electron chi connectivity index (χ4n) is 4.80. The van der Waals surface area contributed by atoms with E-state index in [2.05, 4.69) is 14.9 Å². The Hall–Kier alpha value is -2.05. The molecule has 26 heavy (non-hydrogen) atoms. The van der Waals surface area contributed by atoms with Crippen molar-refractivity contribution < 1.29 is 9.59 Å². The molecule has 3 aliphatic heterocycles. The Kier molecular flexibility index (Phi) is 4.87. The summed E-state index contributed by atoms with van der Waals surface area (Å²) in [7, 11) is 0. The van der Waals surface area contributed by atoms with E-state index in [1.54, 1.807) is 6.33 Å². The van der Waals surface area contributed by atoms with Gasteiger partial charge in [0, 0.05) is 69.4 Å². The second-order valence-electron chi connectivity index (χ2n) is 8.14. The summed E-state index contributed by atoms with van der Waals surface area (Å²) >= 11 is 0. The van der Waals surface area contributed by atoms with Crippen LogP contribution in [0.1, 0.15) is 44.2 Å². The monoisotopic (exact) mass is 359 g/mol. The molecule has 0 unspecified atom stereocenters. The van der Waals surface area contributed by atoms with Crippen molar-refractivity contribution in [3.63, 3.8) is 0 Å². The van der Waals surface area contributed by atoms with Crippen LogP contribution in [0.5, 0.6) is 0 Å². The first-order valence-electron chi connectivity index (χ1n) is 9.94. The molecule has 4 rings (SSSR count). The molecule has 0 aliphatic carbocycles. The lowest BCUT2D eigenvalue weighted by Gasteiger charge is -2.48. The quantitative estimate of drug-likeness (QED) is 0.895. The molecule has 7 heteroatoms. The van der Waals surface area contributed by atoms with Gasteiger partial charge < -0.3 is 19.7 Å². The highest BCUT2D eigenvalue weighted by Gasteiger charge is 2.43. The van der Waals surface area contributed by atoms with Crippen molar-refractivity contribution in [3.05, 3.63) is 18.2 Å². The summed E-state index contributed by atoms with van der Waals surface area (Å²) in [6.45, 7) is 4.97. The Bertz CT molecular complexity index is 640. The number of carbonyl (C=O) groups excluding carboxylic acids is 2. The number of H-pyrrole nitrogens is 1. The van der Waals surface area contributed by atoms with E-state index in [0.29, 0.717) is 6.42 Å². The molecule has 0 radical (unpaired) electrons. The molecule has 1 spiro atoms. The molecule has 3 saturated heterocycles. The zero-order chi connectivity index (χ0) is 18.0. The van der Waals surface area contributed by atoms with Crippen LogP contribution in [0.25, 0.3) is 0 Å². The summed E-state index contributed by atoms with van der Waals surface area (Å²) in [5, 5.41) is 0. The van der Waals surface area contributed by atoms with Crippen LogP contribution in [0.15, 0.2) is 12.5 Å². The fraction of sp³-hybridized carbons (Fsp3) is 0.737. The van der Waals surface area contributed by atoms with Gasteiger partial charge in [0.1, 0.15) is 0 Å². The van der Waals surface area contributed by atoms with Gasteiger partial charge >= 0.3 is 6.03 Å². The van der Waals surface area contributed by atoms with Gasteiger partial charge in [-0.2, -0.15) is 0 Å². The highest BCUT2D eigenvalue weighted by Crippen LogP contribution is 2.39. The van der Waals surface area contributed by atoms with E-state index in [0.717, 1.165) is 83.5 Å². The molecule has 1 aromatic rings. The lowest BCUT2D eigenvalue weighted by molar-refractivity contribution is -0.138. The molecule has 1 N–H and O–H groups in total. The second-order valence-corrected chi connectivity index (χ2v) is 8.14. The van der Waals surface area contributed by atoms with Crippen LogP contribution in [-0.2, 0) is 11.2 Å². The third-order valence-corrected chi connectivity index (χ3v) is 6.26. The predicted octanol–water partition coefficient (Wildman–Crippen LogP) is 1.87. The first-order valence-corrected chi connectivity index (χ1v) is 9.94. The molecule has 0 aromatic carbocycles. The minimum Gasteiger partial charge on any atom is -0.348 e. The van der Waals surface area contributed by atoms with E-state index >= 15 is 0 Å². The Morgan fingerprint density at radius 1 is 1.12 bits per heavy atom. The van der Waals surface area contributed by atoms with Gasteiger partial charge in [-0.15, -0.1) is 0 Å². The first kappa shape index (κ1) is 17.4. The maximum Gasteiger partial charge on any atom is 0.320 e. The third kappa shape index (κ3) is 3.57. The van der Waals surface area contributed by atoms with E-state index in [1.165, 1.54) is 0 Å². The number of aromatic nitrogens is 2. The number of carbonyl (C=O) groups is 2. The van der Waals surface area contributed by atoms with E-state index in [9.17, 15) is 9.59 Å². The highest BCUT2D eigenvalue weighted by molar-refractivity contribution is 5.77. The SMILES string of the molecule is O=C1CC[C@]2(CCCN(C(=O)N3CCCC3)C2)CN1CCc1cnc[nH]1. The summed E-state index contributed by atoms with van der Waals surface area (Å²) < 4.78 is 0. The molecule has 3 fully saturated rings. The van der Waals surface area contributed by atoms with E-state index in [4.69, 9.17) is 0 Å². The molecule has 3 amide bonds. The average molecular weight is 359 g/mol. The predicted molar refractivity (Wildman–Crippen MR) is 97.5 cm³/mol. The van der Waals surface area contributed by atoms with Crippen molar-refractivity contribution in [3.8, 4) is 0 Å². The van der Waals surface area contributed by atoms with Crippen LogP contribution >= 0.6 is 0 Å². The second kappa shape index (κ2) is 7.29. The van der Waals surface area contributed by atoms with Gasteiger partial charge in [0.25, 0.3) is 0 Å². The molecule has 0 saturated carbocycles. The zero-order valence-electron chi connectivity index (χ0n) is 15.5. The molecule has 7 nitrogen and oxygen atoms in total. The molecular formula is C19H29N5O2. The first-order chi connectivity index (χ1) is 12.7. The Labute approximate surface area is 154 Å². The lowest BCUT2D eigenvalue weighted by atomic mass is 9.73. The smallest absolute Gasteiger partial charge is 0.320 e. The van der Waals surface area contributed by atoms with Crippen LogP contribution in [0.4, 0.5) is 4.79 Å². The summed E-state index contributed by atoms with van der Waals surface area (Å²) in [5.41, 5.74) is 1.14. The molecule has 1 atom stereocenters. The summed E-state index contributed by atoms with van der Waals surface area (Å²) in [4.78, 5) is 38.4. The van der Waals surface area contributed by atoms with Gasteiger partial charge in [0.2, 0.25) is 5.91 Å². The largest absolute Gasteiger partial charge is 0.348 e. The number of rotatable bonds is 3. The number of hydrogen-bond acceptors (Lipinski definition) is 3. The van der Waals surface area contributed by atoms with Crippen molar-refractivity contribution in [1.29, 1.82) is 0 Å². The molecule has 1 aromatic heterocycles. The molecular weight excluding hydrogens is 330 g/mol. The standard InChI is InChI=1S/C19H29N5O2/c25-17-4-7-19(13-23(17)11-5-16-12-20-15-21-16)6-3-10-24(14-19)18(26)22-8-1-2-9-22/h12,15H,1-11,13-14H2,(H,20,21)/t19-/m1/s1. The van der Waals surface area contributed by atoms with Crippen molar-refractivity contribution >= 4 is 11.9 Å². The minimum absolute atomic E-state index is 0.0789. The zero-order valence-corrected chi connectivity index (χ0v) is 15.5. The molecule has 4 heterocycles. The number of imidazole rings is 1. The topological polar surface area (TPSA) is 72.5 Å². The van der Waals surface area contributed by atoms with Gasteiger partial charge in [-0.05, 0) is 32.1 Å². The summed E-state index contributed by atoms with van der Waals surface area (Å²) in [6.07, 6.45) is 10.2. The Balaban J connectivity index is 1.39. The third-order valence-electron chi connectivity index (χ3n) is 6.26. The normalized spacial score (nSPS) is 26.8.